The first-order chi connectivity index (χ1) is 9.92. The van der Waals surface area contributed by atoms with Crippen LogP contribution in [-0.2, 0) is 16.1 Å². The van der Waals surface area contributed by atoms with E-state index in [0.29, 0.717) is 18.7 Å². The van der Waals surface area contributed by atoms with Crippen LogP contribution in [0.25, 0.3) is 0 Å². The van der Waals surface area contributed by atoms with E-state index in [0.717, 1.165) is 5.56 Å². The van der Waals surface area contributed by atoms with Crippen LogP contribution in [0.1, 0.15) is 25.8 Å². The quantitative estimate of drug-likeness (QED) is 0.721. The van der Waals surface area contributed by atoms with E-state index in [1.165, 1.54) is 0 Å². The number of nitrogens with one attached hydrogen (secondary N) is 2. The van der Waals surface area contributed by atoms with Crippen LogP contribution in [0.2, 0.25) is 0 Å². The fraction of sp³-hybridized carbons (Fsp3) is 0.467. The van der Waals surface area contributed by atoms with Crippen molar-refractivity contribution in [3.05, 3.63) is 29.8 Å². The van der Waals surface area contributed by atoms with Gasteiger partial charge in [-0.25, -0.2) is 9.59 Å². The van der Waals surface area contributed by atoms with Gasteiger partial charge in [0.05, 0.1) is 6.61 Å². The zero-order valence-corrected chi connectivity index (χ0v) is 12.6. The van der Waals surface area contributed by atoms with Gasteiger partial charge in [-0.3, -0.25) is 0 Å². The lowest BCUT2D eigenvalue weighted by Gasteiger charge is -2.17. The van der Waals surface area contributed by atoms with Crippen LogP contribution in [-0.4, -0.2) is 30.3 Å². The van der Waals surface area contributed by atoms with Gasteiger partial charge >= 0.3 is 12.0 Å². The van der Waals surface area contributed by atoms with Gasteiger partial charge in [0, 0.05) is 12.8 Å². The van der Waals surface area contributed by atoms with Gasteiger partial charge in [0.2, 0.25) is 0 Å². The smallest absolute Gasteiger partial charge is 0.326 e. The van der Waals surface area contributed by atoms with Crippen molar-refractivity contribution in [2.75, 3.05) is 12.4 Å². The molecule has 0 bridgehead atoms. The molecule has 116 valence electrons. The number of rotatable bonds is 7. The highest BCUT2D eigenvalue weighted by Crippen LogP contribution is 2.12. The predicted molar refractivity (Wildman–Crippen MR) is 80.2 cm³/mol. The van der Waals surface area contributed by atoms with E-state index in [1.54, 1.807) is 25.3 Å². The molecule has 0 heterocycles. The topological polar surface area (TPSA) is 87.7 Å². The Morgan fingerprint density at radius 1 is 1.33 bits per heavy atom. The summed E-state index contributed by atoms with van der Waals surface area (Å²) >= 11 is 0. The standard InChI is InChI=1S/C15H22N2O4/c1-10(2)7-13(14(18)19)17-15(20)16-12-6-4-5-11(8-12)9-21-3/h4-6,8,10,13H,7,9H2,1-3H3,(H,18,19)(H2,16,17,20). The lowest BCUT2D eigenvalue weighted by molar-refractivity contribution is -0.139. The van der Waals surface area contributed by atoms with Gasteiger partial charge < -0.3 is 20.5 Å². The lowest BCUT2D eigenvalue weighted by Crippen LogP contribution is -2.43. The third-order valence-corrected chi connectivity index (χ3v) is 2.81. The van der Waals surface area contributed by atoms with Crippen LogP contribution in [0.15, 0.2) is 24.3 Å². The molecule has 3 N–H and O–H groups in total. The number of amides is 2. The fourth-order valence-electron chi connectivity index (χ4n) is 1.92. The van der Waals surface area contributed by atoms with Crippen molar-refractivity contribution >= 4 is 17.7 Å². The highest BCUT2D eigenvalue weighted by Gasteiger charge is 2.20. The molecule has 6 heteroatoms. The second kappa shape index (κ2) is 8.26. The number of carbonyl (C=O) groups is 2. The molecule has 0 radical (unpaired) electrons. The number of hydrogen-bond donors (Lipinski definition) is 3. The fourth-order valence-corrected chi connectivity index (χ4v) is 1.92. The molecule has 0 spiro atoms. The zero-order valence-electron chi connectivity index (χ0n) is 12.6. The number of carbonyl (C=O) groups excluding carboxylic acids is 1. The van der Waals surface area contributed by atoms with E-state index < -0.39 is 18.0 Å². The summed E-state index contributed by atoms with van der Waals surface area (Å²) < 4.78 is 5.02. The molecule has 1 atom stereocenters. The van der Waals surface area contributed by atoms with Crippen molar-refractivity contribution < 1.29 is 19.4 Å². The van der Waals surface area contributed by atoms with E-state index >= 15 is 0 Å². The summed E-state index contributed by atoms with van der Waals surface area (Å²) in [6.45, 7) is 4.26. The number of carboxylic acid groups (broad SMARTS) is 1. The van der Waals surface area contributed by atoms with Gasteiger partial charge in [0.1, 0.15) is 6.04 Å². The average molecular weight is 294 g/mol. The predicted octanol–water partition coefficient (Wildman–Crippen LogP) is 2.45. The Kier molecular flexibility index (Phi) is 6.68. The second-order valence-electron chi connectivity index (χ2n) is 5.25. The average Bonchev–Trinajstić information content (AvgIpc) is 2.38. The lowest BCUT2D eigenvalue weighted by atomic mass is 10.0. The molecule has 0 aromatic heterocycles. The van der Waals surface area contributed by atoms with Crippen molar-refractivity contribution in [2.45, 2.75) is 32.9 Å². The maximum Gasteiger partial charge on any atom is 0.326 e. The normalized spacial score (nSPS) is 12.0. The maximum atomic E-state index is 11.9. The van der Waals surface area contributed by atoms with E-state index in [1.807, 2.05) is 19.9 Å². The molecule has 21 heavy (non-hydrogen) atoms. The van der Waals surface area contributed by atoms with Crippen LogP contribution < -0.4 is 10.6 Å². The van der Waals surface area contributed by atoms with Crippen molar-refractivity contribution in [3.63, 3.8) is 0 Å². The largest absolute Gasteiger partial charge is 0.480 e. The van der Waals surface area contributed by atoms with Crippen molar-refractivity contribution in [3.8, 4) is 0 Å². The minimum Gasteiger partial charge on any atom is -0.480 e. The van der Waals surface area contributed by atoms with Crippen molar-refractivity contribution in [1.29, 1.82) is 0 Å². The Bertz CT molecular complexity index is 488. The number of anilines is 1. The number of aliphatic carboxylic acids is 1. The molecule has 1 aromatic carbocycles. The zero-order chi connectivity index (χ0) is 15.8. The number of urea groups is 1. The molecule has 1 aromatic rings. The third-order valence-electron chi connectivity index (χ3n) is 2.81. The number of hydrogen-bond acceptors (Lipinski definition) is 3. The van der Waals surface area contributed by atoms with Crippen LogP contribution >= 0.6 is 0 Å². The Labute approximate surface area is 124 Å². The van der Waals surface area contributed by atoms with E-state index in [-0.39, 0.29) is 5.92 Å². The van der Waals surface area contributed by atoms with Crippen LogP contribution in [0.3, 0.4) is 0 Å². The van der Waals surface area contributed by atoms with Gasteiger partial charge in [-0.2, -0.15) is 0 Å². The Hall–Kier alpha value is -2.08. The molecule has 0 aliphatic heterocycles. The summed E-state index contributed by atoms with van der Waals surface area (Å²) in [6, 6.07) is 5.76. The van der Waals surface area contributed by atoms with Crippen LogP contribution in [0, 0.1) is 5.92 Å². The Balaban J connectivity index is 2.63. The third kappa shape index (κ3) is 6.27. The molecular weight excluding hydrogens is 272 g/mol. The summed E-state index contributed by atoms with van der Waals surface area (Å²) in [4.78, 5) is 23.0. The summed E-state index contributed by atoms with van der Waals surface area (Å²) in [5, 5.41) is 14.2. The molecule has 0 saturated heterocycles. The maximum absolute atomic E-state index is 11.9. The molecule has 2 amide bonds. The number of methoxy groups -OCH3 is 1. The molecule has 6 nitrogen and oxygen atoms in total. The first-order valence-electron chi connectivity index (χ1n) is 6.80. The van der Waals surface area contributed by atoms with Crippen molar-refractivity contribution in [2.24, 2.45) is 5.92 Å². The van der Waals surface area contributed by atoms with E-state index in [2.05, 4.69) is 10.6 Å². The Morgan fingerprint density at radius 2 is 2.05 bits per heavy atom. The highest BCUT2D eigenvalue weighted by atomic mass is 16.5. The van der Waals surface area contributed by atoms with E-state index in [9.17, 15) is 9.59 Å². The first-order valence-corrected chi connectivity index (χ1v) is 6.80. The number of carboxylic acids is 1. The van der Waals surface area contributed by atoms with Gasteiger partial charge in [0.15, 0.2) is 0 Å². The molecular formula is C15H22N2O4. The first kappa shape index (κ1) is 17.0. The van der Waals surface area contributed by atoms with Crippen LogP contribution in [0.5, 0.6) is 0 Å². The summed E-state index contributed by atoms with van der Waals surface area (Å²) in [5.74, 6) is -0.858. The monoisotopic (exact) mass is 294 g/mol. The number of benzene rings is 1. The molecule has 0 aliphatic carbocycles. The second-order valence-corrected chi connectivity index (χ2v) is 5.25. The van der Waals surface area contributed by atoms with Gasteiger partial charge in [-0.15, -0.1) is 0 Å². The van der Waals surface area contributed by atoms with Crippen LogP contribution in [0.4, 0.5) is 10.5 Å². The molecule has 0 aliphatic rings. The summed E-state index contributed by atoms with van der Waals surface area (Å²) in [7, 11) is 1.59. The van der Waals surface area contributed by atoms with E-state index in [4.69, 9.17) is 9.84 Å². The minimum atomic E-state index is -1.04. The van der Waals surface area contributed by atoms with Gasteiger partial charge in [-0.1, -0.05) is 26.0 Å². The number of ether oxygens (including phenoxy) is 1. The SMILES string of the molecule is COCc1cccc(NC(=O)NC(CC(C)C)C(=O)O)c1. The summed E-state index contributed by atoms with van der Waals surface area (Å²) in [5.41, 5.74) is 1.52. The molecule has 0 fully saturated rings. The molecule has 1 unspecified atom stereocenters. The molecule has 0 saturated carbocycles. The Morgan fingerprint density at radius 3 is 2.62 bits per heavy atom. The molecule has 1 rings (SSSR count). The minimum absolute atomic E-state index is 0.177. The summed E-state index contributed by atoms with van der Waals surface area (Å²) in [6.07, 6.45) is 0.381. The van der Waals surface area contributed by atoms with Gasteiger partial charge in [-0.05, 0) is 30.0 Å². The van der Waals surface area contributed by atoms with Crippen molar-refractivity contribution in [1.82, 2.24) is 5.32 Å². The van der Waals surface area contributed by atoms with Gasteiger partial charge in [0.25, 0.3) is 0 Å². The highest BCUT2D eigenvalue weighted by molar-refractivity contribution is 5.92.